The van der Waals surface area contributed by atoms with Gasteiger partial charge in [0.05, 0.1) is 18.9 Å². The maximum absolute atomic E-state index is 12.2. The van der Waals surface area contributed by atoms with Gasteiger partial charge in [0, 0.05) is 6.54 Å². The summed E-state index contributed by atoms with van der Waals surface area (Å²) in [6.45, 7) is 6.68. The minimum Gasteiger partial charge on any atom is -0.468 e. The number of carbonyl (C=O) groups is 3. The normalized spacial score (nSPS) is 28.3. The summed E-state index contributed by atoms with van der Waals surface area (Å²) in [5.74, 6) is -0.872. The summed E-state index contributed by atoms with van der Waals surface area (Å²) in [4.78, 5) is 37.2. The van der Waals surface area contributed by atoms with Gasteiger partial charge in [-0.25, -0.2) is 0 Å². The summed E-state index contributed by atoms with van der Waals surface area (Å²) >= 11 is 0. The Balaban J connectivity index is 1.93. The molecule has 0 bridgehead atoms. The SMILES string of the molecule is CCNC(CCN1C(=O)C2C(C1=O)C2(C)C)C(=O)OC. The van der Waals surface area contributed by atoms with Crippen LogP contribution in [0, 0.1) is 17.3 Å². The van der Waals surface area contributed by atoms with Gasteiger partial charge in [-0.2, -0.15) is 0 Å². The largest absolute Gasteiger partial charge is 0.468 e. The molecule has 2 amide bonds. The van der Waals surface area contributed by atoms with E-state index in [1.54, 1.807) is 0 Å². The van der Waals surface area contributed by atoms with Crippen LogP contribution in [0.15, 0.2) is 0 Å². The fourth-order valence-corrected chi connectivity index (χ4v) is 3.17. The molecule has 1 aliphatic carbocycles. The maximum Gasteiger partial charge on any atom is 0.322 e. The molecule has 2 rings (SSSR count). The predicted molar refractivity (Wildman–Crippen MR) is 71.6 cm³/mol. The molecule has 1 heterocycles. The first-order chi connectivity index (χ1) is 9.36. The van der Waals surface area contributed by atoms with Crippen molar-refractivity contribution in [3.05, 3.63) is 0 Å². The average Bonchev–Trinajstić information content (AvgIpc) is 2.87. The summed E-state index contributed by atoms with van der Waals surface area (Å²) < 4.78 is 4.71. The van der Waals surface area contributed by atoms with Crippen molar-refractivity contribution in [2.45, 2.75) is 33.2 Å². The number of hydrogen-bond acceptors (Lipinski definition) is 5. The number of rotatable bonds is 6. The third-order valence-electron chi connectivity index (χ3n) is 4.47. The number of amides is 2. The molecule has 0 spiro atoms. The fraction of sp³-hybridized carbons (Fsp3) is 0.786. The van der Waals surface area contributed by atoms with Crippen LogP contribution >= 0.6 is 0 Å². The number of imide groups is 1. The second-order valence-corrected chi connectivity index (χ2v) is 6.03. The summed E-state index contributed by atoms with van der Waals surface area (Å²) in [6, 6.07) is -0.476. The molecule has 1 saturated heterocycles. The van der Waals surface area contributed by atoms with E-state index in [0.717, 1.165) is 0 Å². The highest BCUT2D eigenvalue weighted by Crippen LogP contribution is 2.63. The first-order valence-corrected chi connectivity index (χ1v) is 7.02. The standard InChI is InChI=1S/C14H22N2O4/c1-5-15-8(13(19)20-4)6-7-16-11(17)9-10(12(16)18)14(9,2)3/h8-10,15H,5-7H2,1-4H3. The van der Waals surface area contributed by atoms with Gasteiger partial charge in [0.2, 0.25) is 11.8 Å². The maximum atomic E-state index is 12.2. The van der Waals surface area contributed by atoms with Crippen LogP contribution in [0.1, 0.15) is 27.2 Å². The van der Waals surface area contributed by atoms with Gasteiger partial charge in [0.25, 0.3) is 0 Å². The molecule has 0 aromatic heterocycles. The Morgan fingerprint density at radius 1 is 1.35 bits per heavy atom. The molecule has 0 aromatic rings. The third-order valence-corrected chi connectivity index (χ3v) is 4.47. The van der Waals surface area contributed by atoms with Gasteiger partial charge in [0.1, 0.15) is 6.04 Å². The lowest BCUT2D eigenvalue weighted by Crippen LogP contribution is -2.43. The molecule has 1 aliphatic heterocycles. The van der Waals surface area contributed by atoms with Gasteiger partial charge in [-0.3, -0.25) is 19.3 Å². The van der Waals surface area contributed by atoms with Gasteiger partial charge in [-0.1, -0.05) is 20.8 Å². The highest BCUT2D eigenvalue weighted by molar-refractivity contribution is 6.10. The highest BCUT2D eigenvalue weighted by atomic mass is 16.5. The van der Waals surface area contributed by atoms with E-state index in [1.165, 1.54) is 12.0 Å². The number of likely N-dealkylation sites (tertiary alicyclic amines) is 1. The first-order valence-electron chi connectivity index (χ1n) is 7.02. The molecule has 0 radical (unpaired) electrons. The Morgan fingerprint density at radius 3 is 2.35 bits per heavy atom. The Morgan fingerprint density at radius 2 is 1.90 bits per heavy atom. The Kier molecular flexibility index (Phi) is 3.86. The molecule has 6 nitrogen and oxygen atoms in total. The van der Waals surface area contributed by atoms with Crippen LogP contribution in [0.3, 0.4) is 0 Å². The van der Waals surface area contributed by atoms with Gasteiger partial charge in [0.15, 0.2) is 0 Å². The number of piperidine rings is 1. The quantitative estimate of drug-likeness (QED) is 0.555. The van der Waals surface area contributed by atoms with Crippen molar-refractivity contribution in [2.75, 3.05) is 20.2 Å². The molecule has 1 N–H and O–H groups in total. The smallest absolute Gasteiger partial charge is 0.322 e. The zero-order chi connectivity index (χ0) is 15.1. The number of nitrogens with zero attached hydrogens (tertiary/aromatic N) is 1. The van der Waals surface area contributed by atoms with Gasteiger partial charge >= 0.3 is 5.97 Å². The summed E-state index contributed by atoms with van der Waals surface area (Å²) in [7, 11) is 1.33. The second-order valence-electron chi connectivity index (χ2n) is 6.03. The minimum absolute atomic E-state index is 0.0925. The molecular formula is C14H22N2O4. The van der Waals surface area contributed by atoms with Gasteiger partial charge in [-0.15, -0.1) is 0 Å². The molecule has 1 saturated carbocycles. The molecule has 2 fully saturated rings. The molecule has 0 aromatic carbocycles. The van der Waals surface area contributed by atoms with Crippen LogP contribution in [-0.2, 0) is 19.1 Å². The lowest BCUT2D eigenvalue weighted by atomic mass is 10.1. The molecule has 112 valence electrons. The number of ether oxygens (including phenoxy) is 1. The van der Waals surface area contributed by atoms with Crippen molar-refractivity contribution in [1.29, 1.82) is 0 Å². The van der Waals surface area contributed by atoms with Gasteiger partial charge in [-0.05, 0) is 18.4 Å². The third kappa shape index (κ3) is 2.22. The number of likely N-dealkylation sites (N-methyl/N-ethyl adjacent to an activating group) is 1. The lowest BCUT2D eigenvalue weighted by Gasteiger charge is -2.23. The topological polar surface area (TPSA) is 75.7 Å². The van der Waals surface area contributed by atoms with E-state index in [1.807, 2.05) is 20.8 Å². The zero-order valence-electron chi connectivity index (χ0n) is 12.4. The summed E-state index contributed by atoms with van der Waals surface area (Å²) in [6.07, 6.45) is 0.387. The van der Waals surface area contributed by atoms with E-state index in [9.17, 15) is 14.4 Å². The lowest BCUT2D eigenvalue weighted by molar-refractivity contribution is -0.146. The number of fused-ring (bicyclic) bond motifs is 1. The Labute approximate surface area is 118 Å². The summed E-state index contributed by atoms with van der Waals surface area (Å²) in [5.41, 5.74) is -0.186. The van der Waals surface area contributed by atoms with Crippen LogP contribution in [0.2, 0.25) is 0 Å². The molecule has 3 unspecified atom stereocenters. The van der Waals surface area contributed by atoms with Crippen molar-refractivity contribution in [3.63, 3.8) is 0 Å². The van der Waals surface area contributed by atoms with E-state index in [0.29, 0.717) is 13.0 Å². The monoisotopic (exact) mass is 282 g/mol. The molecule has 2 aliphatic rings. The number of hydrogen-bond donors (Lipinski definition) is 1. The van der Waals surface area contributed by atoms with Crippen LogP contribution < -0.4 is 5.32 Å². The molecule has 20 heavy (non-hydrogen) atoms. The number of esters is 1. The van der Waals surface area contributed by atoms with Gasteiger partial charge < -0.3 is 10.1 Å². The minimum atomic E-state index is -0.476. The van der Waals surface area contributed by atoms with Crippen LogP contribution in [0.4, 0.5) is 0 Å². The van der Waals surface area contributed by atoms with E-state index < -0.39 is 6.04 Å². The van der Waals surface area contributed by atoms with Crippen molar-refractivity contribution in [3.8, 4) is 0 Å². The first kappa shape index (κ1) is 15.0. The van der Waals surface area contributed by atoms with Crippen molar-refractivity contribution >= 4 is 17.8 Å². The number of methoxy groups -OCH3 is 1. The predicted octanol–water partition coefficient (Wildman–Crippen LogP) is 0.169. The van der Waals surface area contributed by atoms with E-state index >= 15 is 0 Å². The molecule has 3 atom stereocenters. The van der Waals surface area contributed by atoms with Crippen LogP contribution in [-0.4, -0.2) is 48.9 Å². The molecule has 6 heteroatoms. The Bertz CT molecular complexity index is 422. The van der Waals surface area contributed by atoms with Crippen molar-refractivity contribution < 1.29 is 19.1 Å². The number of carbonyl (C=O) groups excluding carboxylic acids is 3. The Hall–Kier alpha value is -1.43. The van der Waals surface area contributed by atoms with Crippen LogP contribution in [0.5, 0.6) is 0 Å². The van der Waals surface area contributed by atoms with E-state index in [4.69, 9.17) is 4.74 Å². The van der Waals surface area contributed by atoms with E-state index in [-0.39, 0.29) is 41.6 Å². The van der Waals surface area contributed by atoms with Crippen LogP contribution in [0.25, 0.3) is 0 Å². The van der Waals surface area contributed by atoms with Crippen molar-refractivity contribution in [1.82, 2.24) is 10.2 Å². The average molecular weight is 282 g/mol. The number of nitrogens with one attached hydrogen (secondary N) is 1. The summed E-state index contributed by atoms with van der Waals surface area (Å²) in [5, 5.41) is 3.00. The van der Waals surface area contributed by atoms with Crippen molar-refractivity contribution in [2.24, 2.45) is 17.3 Å². The zero-order valence-corrected chi connectivity index (χ0v) is 12.4. The second kappa shape index (κ2) is 5.16. The highest BCUT2D eigenvalue weighted by Gasteiger charge is 2.72. The molecular weight excluding hydrogens is 260 g/mol. The fourth-order valence-electron chi connectivity index (χ4n) is 3.17. The van der Waals surface area contributed by atoms with E-state index in [2.05, 4.69) is 5.32 Å².